The number of thiazole rings is 1. The van der Waals surface area contributed by atoms with Gasteiger partial charge >= 0.3 is 6.09 Å². The second-order valence-electron chi connectivity index (χ2n) is 5.57. The largest absolute Gasteiger partial charge is 0.465 e. The molecule has 0 saturated carbocycles. The number of amides is 2. The van der Waals surface area contributed by atoms with Crippen LogP contribution in [-0.2, 0) is 4.79 Å². The smallest absolute Gasteiger partial charge is 0.407 e. The highest BCUT2D eigenvalue weighted by Gasteiger charge is 2.37. The van der Waals surface area contributed by atoms with Gasteiger partial charge in [-0.15, -0.1) is 0 Å². The predicted molar refractivity (Wildman–Crippen MR) is 88.8 cm³/mol. The molecule has 1 unspecified atom stereocenters. The Labute approximate surface area is 139 Å². The molecule has 0 spiro atoms. The van der Waals surface area contributed by atoms with Crippen LogP contribution in [0, 0.1) is 5.82 Å². The van der Waals surface area contributed by atoms with Gasteiger partial charge in [0.25, 0.3) is 0 Å². The molecule has 2 aromatic carbocycles. The monoisotopic (exact) mass is 345 g/mol. The van der Waals surface area contributed by atoms with Crippen LogP contribution in [0.2, 0.25) is 0 Å². The number of carbonyl (C=O) groups is 2. The standard InChI is InChI=1S/C16H12FN3O3S/c17-9-2-3-10-8(7-9)1-4-11-13(10)24-15(18-11)19-14(21)12-5-6-20(12)16(22)23/h1-4,7,12H,5-6H2,(H,22,23)(H,18,19,21). The van der Waals surface area contributed by atoms with E-state index in [2.05, 4.69) is 10.3 Å². The minimum atomic E-state index is -1.10. The van der Waals surface area contributed by atoms with Crippen LogP contribution in [0.1, 0.15) is 6.42 Å². The van der Waals surface area contributed by atoms with Crippen molar-refractivity contribution in [2.75, 3.05) is 11.9 Å². The van der Waals surface area contributed by atoms with Crippen LogP contribution in [0.4, 0.5) is 14.3 Å². The van der Waals surface area contributed by atoms with Crippen molar-refractivity contribution in [2.24, 2.45) is 0 Å². The topological polar surface area (TPSA) is 82.5 Å². The zero-order valence-corrected chi connectivity index (χ0v) is 13.1. The number of nitrogens with one attached hydrogen (secondary N) is 1. The lowest BCUT2D eigenvalue weighted by Gasteiger charge is -2.36. The summed E-state index contributed by atoms with van der Waals surface area (Å²) in [6.45, 7) is 0.365. The molecule has 8 heteroatoms. The van der Waals surface area contributed by atoms with Gasteiger partial charge in [-0.05, 0) is 36.1 Å². The van der Waals surface area contributed by atoms with Gasteiger partial charge in [-0.3, -0.25) is 9.69 Å². The number of fused-ring (bicyclic) bond motifs is 3. The fourth-order valence-electron chi connectivity index (χ4n) is 2.82. The Morgan fingerprint density at radius 1 is 1.33 bits per heavy atom. The molecule has 3 aromatic rings. The number of carboxylic acid groups (broad SMARTS) is 1. The molecule has 2 heterocycles. The number of nitrogens with zero attached hydrogens (tertiary/aromatic N) is 2. The second kappa shape index (κ2) is 5.41. The molecule has 0 bridgehead atoms. The first-order valence-corrected chi connectivity index (χ1v) is 8.14. The van der Waals surface area contributed by atoms with Gasteiger partial charge in [0.15, 0.2) is 5.13 Å². The molecule has 0 aliphatic carbocycles. The van der Waals surface area contributed by atoms with Crippen LogP contribution in [0.3, 0.4) is 0 Å². The lowest BCUT2D eigenvalue weighted by molar-refractivity contribution is -0.124. The van der Waals surface area contributed by atoms with Gasteiger partial charge in [-0.1, -0.05) is 17.4 Å². The fourth-order valence-corrected chi connectivity index (χ4v) is 3.82. The fraction of sp³-hybridized carbons (Fsp3) is 0.188. The quantitative estimate of drug-likeness (QED) is 0.747. The highest BCUT2D eigenvalue weighted by atomic mass is 32.1. The Kier molecular flexibility index (Phi) is 3.34. The number of halogens is 1. The molecule has 0 radical (unpaired) electrons. The zero-order valence-electron chi connectivity index (χ0n) is 12.3. The second-order valence-corrected chi connectivity index (χ2v) is 6.57. The molecule has 1 atom stereocenters. The van der Waals surface area contributed by atoms with E-state index < -0.39 is 12.1 Å². The molecule has 24 heavy (non-hydrogen) atoms. The minimum absolute atomic E-state index is 0.307. The normalized spacial score (nSPS) is 17.0. The summed E-state index contributed by atoms with van der Waals surface area (Å²) in [4.78, 5) is 28.6. The third-order valence-electron chi connectivity index (χ3n) is 4.13. The van der Waals surface area contributed by atoms with Gasteiger partial charge in [0.05, 0.1) is 10.2 Å². The summed E-state index contributed by atoms with van der Waals surface area (Å²) in [7, 11) is 0. The van der Waals surface area contributed by atoms with Crippen molar-refractivity contribution in [3.05, 3.63) is 36.1 Å². The van der Waals surface area contributed by atoms with Crippen LogP contribution in [0.15, 0.2) is 30.3 Å². The van der Waals surface area contributed by atoms with Gasteiger partial charge in [-0.2, -0.15) is 0 Å². The number of anilines is 1. The first-order valence-electron chi connectivity index (χ1n) is 7.32. The number of hydrogen-bond acceptors (Lipinski definition) is 4. The molecule has 4 rings (SSSR count). The summed E-state index contributed by atoms with van der Waals surface area (Å²) >= 11 is 1.29. The van der Waals surface area contributed by atoms with Crippen LogP contribution in [0.5, 0.6) is 0 Å². The molecule has 1 aliphatic rings. The van der Waals surface area contributed by atoms with Crippen molar-refractivity contribution in [3.63, 3.8) is 0 Å². The van der Waals surface area contributed by atoms with E-state index in [4.69, 9.17) is 5.11 Å². The van der Waals surface area contributed by atoms with Crippen LogP contribution < -0.4 is 5.32 Å². The van der Waals surface area contributed by atoms with E-state index in [9.17, 15) is 14.0 Å². The summed E-state index contributed by atoms with van der Waals surface area (Å²) in [5.41, 5.74) is 0.707. The van der Waals surface area contributed by atoms with E-state index in [1.165, 1.54) is 23.5 Å². The third-order valence-corrected chi connectivity index (χ3v) is 5.15. The first-order chi connectivity index (χ1) is 11.5. The summed E-state index contributed by atoms with van der Waals surface area (Å²) in [6.07, 6.45) is -0.593. The maximum absolute atomic E-state index is 13.3. The van der Waals surface area contributed by atoms with E-state index in [1.54, 1.807) is 18.2 Å². The summed E-state index contributed by atoms with van der Waals surface area (Å²) < 4.78 is 14.2. The van der Waals surface area contributed by atoms with E-state index in [0.717, 1.165) is 20.4 Å². The molecular weight excluding hydrogens is 333 g/mol. The Morgan fingerprint density at radius 3 is 2.88 bits per heavy atom. The maximum Gasteiger partial charge on any atom is 0.407 e. The van der Waals surface area contributed by atoms with Crippen molar-refractivity contribution in [1.82, 2.24) is 9.88 Å². The number of likely N-dealkylation sites (tertiary alicyclic amines) is 1. The molecule has 2 amide bonds. The summed E-state index contributed by atoms with van der Waals surface area (Å²) in [5.74, 6) is -0.684. The van der Waals surface area contributed by atoms with Gasteiger partial charge < -0.3 is 10.4 Å². The van der Waals surface area contributed by atoms with Crippen LogP contribution >= 0.6 is 11.3 Å². The van der Waals surface area contributed by atoms with Crippen molar-refractivity contribution < 1.29 is 19.1 Å². The van der Waals surface area contributed by atoms with E-state index in [0.29, 0.717) is 23.6 Å². The number of rotatable bonds is 2. The molecule has 1 aliphatic heterocycles. The number of carbonyl (C=O) groups excluding carboxylic acids is 1. The molecule has 1 saturated heterocycles. The van der Waals surface area contributed by atoms with Crippen molar-refractivity contribution in [2.45, 2.75) is 12.5 Å². The Morgan fingerprint density at radius 2 is 2.17 bits per heavy atom. The Hall–Kier alpha value is -2.74. The van der Waals surface area contributed by atoms with Crippen molar-refractivity contribution >= 4 is 49.5 Å². The first kappa shape index (κ1) is 14.8. The van der Waals surface area contributed by atoms with Gasteiger partial charge in [0.2, 0.25) is 5.91 Å². The number of aromatic nitrogens is 1. The van der Waals surface area contributed by atoms with Crippen molar-refractivity contribution in [1.29, 1.82) is 0 Å². The molecule has 6 nitrogen and oxygen atoms in total. The molecule has 1 fully saturated rings. The Bertz CT molecular complexity index is 987. The van der Waals surface area contributed by atoms with Crippen LogP contribution in [-0.4, -0.2) is 39.6 Å². The average molecular weight is 345 g/mol. The zero-order chi connectivity index (χ0) is 16.8. The lowest BCUT2D eigenvalue weighted by atomic mass is 10.0. The number of benzene rings is 2. The van der Waals surface area contributed by atoms with E-state index in [1.807, 2.05) is 0 Å². The molecular formula is C16H12FN3O3S. The Balaban J connectivity index is 1.64. The maximum atomic E-state index is 13.3. The van der Waals surface area contributed by atoms with Gasteiger partial charge in [-0.25, -0.2) is 14.2 Å². The van der Waals surface area contributed by atoms with Crippen LogP contribution in [0.25, 0.3) is 21.0 Å². The summed E-state index contributed by atoms with van der Waals surface area (Å²) in [5, 5.41) is 13.7. The van der Waals surface area contributed by atoms with E-state index in [-0.39, 0.29) is 11.7 Å². The molecule has 2 N–H and O–H groups in total. The van der Waals surface area contributed by atoms with E-state index >= 15 is 0 Å². The predicted octanol–water partition coefficient (Wildman–Crippen LogP) is 3.28. The third kappa shape index (κ3) is 2.35. The average Bonchev–Trinajstić information content (AvgIpc) is 2.87. The summed E-state index contributed by atoms with van der Waals surface area (Å²) in [6, 6.07) is 7.42. The van der Waals surface area contributed by atoms with Crippen molar-refractivity contribution in [3.8, 4) is 0 Å². The molecule has 122 valence electrons. The SMILES string of the molecule is O=C(Nc1nc2ccc3cc(F)ccc3c2s1)C1CCN1C(=O)O. The number of hydrogen-bond donors (Lipinski definition) is 2. The van der Waals surface area contributed by atoms with Gasteiger partial charge in [0, 0.05) is 11.9 Å². The highest BCUT2D eigenvalue weighted by molar-refractivity contribution is 7.23. The lowest BCUT2D eigenvalue weighted by Crippen LogP contribution is -2.56. The molecule has 1 aromatic heterocycles. The highest BCUT2D eigenvalue weighted by Crippen LogP contribution is 2.33. The minimum Gasteiger partial charge on any atom is -0.465 e. The van der Waals surface area contributed by atoms with Gasteiger partial charge in [0.1, 0.15) is 11.9 Å².